The van der Waals surface area contributed by atoms with E-state index in [1.807, 2.05) is 6.07 Å². The monoisotopic (exact) mass is 307 g/mol. The van der Waals surface area contributed by atoms with Crippen molar-refractivity contribution in [1.29, 1.82) is 5.26 Å². The Morgan fingerprint density at radius 3 is 3.05 bits per heavy atom. The number of ether oxygens (including phenoxy) is 1. The minimum atomic E-state index is -0.700. The van der Waals surface area contributed by atoms with E-state index in [1.165, 1.54) is 18.2 Å². The molecule has 0 unspecified atom stereocenters. The second kappa shape index (κ2) is 6.85. The number of aromatic nitrogens is 2. The van der Waals surface area contributed by atoms with Crippen LogP contribution in [0.2, 0.25) is 0 Å². The third-order valence-corrected chi connectivity index (χ3v) is 3.25. The number of hydrogen-bond acceptors (Lipinski definition) is 7. The van der Waals surface area contributed by atoms with E-state index in [-0.39, 0.29) is 23.5 Å². The number of nitrogens with zero attached hydrogens (tertiary/aromatic N) is 3. The van der Waals surface area contributed by atoms with Crippen LogP contribution in [-0.4, -0.2) is 22.8 Å². The van der Waals surface area contributed by atoms with Crippen molar-refractivity contribution in [3.05, 3.63) is 41.0 Å². The summed E-state index contributed by atoms with van der Waals surface area (Å²) in [6.45, 7) is 1.87. The summed E-state index contributed by atoms with van der Waals surface area (Å²) in [5, 5.41) is 16.1. The van der Waals surface area contributed by atoms with Crippen LogP contribution in [0.25, 0.3) is 0 Å². The van der Waals surface area contributed by atoms with Gasteiger partial charge in [-0.25, -0.2) is 9.18 Å². The molecule has 0 saturated heterocycles. The minimum Gasteiger partial charge on any atom is -0.459 e. The van der Waals surface area contributed by atoms with Crippen LogP contribution in [0.3, 0.4) is 0 Å². The van der Waals surface area contributed by atoms with Crippen LogP contribution in [0.15, 0.2) is 27.8 Å². The average molecular weight is 307 g/mol. The Balaban J connectivity index is 2.04. The van der Waals surface area contributed by atoms with Crippen molar-refractivity contribution >= 4 is 17.7 Å². The van der Waals surface area contributed by atoms with Crippen molar-refractivity contribution < 1.29 is 18.3 Å². The number of esters is 1. The lowest BCUT2D eigenvalue weighted by Gasteiger charge is -2.01. The molecule has 1 aromatic heterocycles. The maximum Gasteiger partial charge on any atom is 0.396 e. The first kappa shape index (κ1) is 15.0. The first-order valence-corrected chi connectivity index (χ1v) is 6.94. The molecule has 0 spiro atoms. The number of thioether (sulfide) groups is 1. The van der Waals surface area contributed by atoms with E-state index in [9.17, 15) is 9.18 Å². The Morgan fingerprint density at radius 1 is 1.52 bits per heavy atom. The molecule has 0 N–H and O–H groups in total. The lowest BCUT2D eigenvalue weighted by molar-refractivity contribution is 0.0475. The summed E-state index contributed by atoms with van der Waals surface area (Å²) in [6, 6.07) is 6.01. The van der Waals surface area contributed by atoms with Crippen LogP contribution >= 0.6 is 11.8 Å². The van der Waals surface area contributed by atoms with Gasteiger partial charge in [-0.3, -0.25) is 0 Å². The zero-order valence-corrected chi connectivity index (χ0v) is 11.8. The Morgan fingerprint density at radius 2 is 2.33 bits per heavy atom. The van der Waals surface area contributed by atoms with E-state index in [4.69, 9.17) is 14.4 Å². The van der Waals surface area contributed by atoms with Crippen molar-refractivity contribution in [3.8, 4) is 6.07 Å². The zero-order chi connectivity index (χ0) is 15.2. The zero-order valence-electron chi connectivity index (χ0n) is 11.0. The van der Waals surface area contributed by atoms with Crippen molar-refractivity contribution in [3.63, 3.8) is 0 Å². The normalized spacial score (nSPS) is 10.1. The number of halogens is 1. The van der Waals surface area contributed by atoms with Crippen molar-refractivity contribution in [2.45, 2.75) is 17.9 Å². The van der Waals surface area contributed by atoms with Gasteiger partial charge in [0.25, 0.3) is 5.22 Å². The maximum absolute atomic E-state index is 13.6. The smallest absolute Gasteiger partial charge is 0.396 e. The molecule has 1 heterocycles. The van der Waals surface area contributed by atoms with Gasteiger partial charge in [-0.2, -0.15) is 5.26 Å². The molecular weight excluding hydrogens is 297 g/mol. The van der Waals surface area contributed by atoms with Gasteiger partial charge in [0.2, 0.25) is 0 Å². The quantitative estimate of drug-likeness (QED) is 0.619. The summed E-state index contributed by atoms with van der Waals surface area (Å²) >= 11 is 1.07. The molecule has 0 saturated carbocycles. The van der Waals surface area contributed by atoms with E-state index in [1.54, 1.807) is 6.92 Å². The van der Waals surface area contributed by atoms with Gasteiger partial charge >= 0.3 is 11.9 Å². The maximum atomic E-state index is 13.6. The Kier molecular flexibility index (Phi) is 4.90. The molecule has 0 fully saturated rings. The highest BCUT2D eigenvalue weighted by Crippen LogP contribution is 2.23. The van der Waals surface area contributed by atoms with Gasteiger partial charge in [-0.15, -0.1) is 5.10 Å². The molecule has 6 nitrogen and oxygen atoms in total. The molecule has 0 amide bonds. The standard InChI is InChI=1S/C13H10FN3O3S/c1-2-19-12(18)11-16-17-13(20-11)21-7-9-5-8(6-15)3-4-10(9)14/h3-5H,2,7H2,1H3. The van der Waals surface area contributed by atoms with Gasteiger partial charge in [0.1, 0.15) is 5.82 Å². The van der Waals surface area contributed by atoms with Gasteiger partial charge < -0.3 is 9.15 Å². The molecule has 0 aliphatic rings. The Hall–Kier alpha value is -2.40. The van der Waals surface area contributed by atoms with Gasteiger partial charge in [0.15, 0.2) is 0 Å². The third kappa shape index (κ3) is 3.79. The van der Waals surface area contributed by atoms with Crippen LogP contribution in [0.5, 0.6) is 0 Å². The number of carbonyl (C=O) groups is 1. The molecule has 0 aliphatic heterocycles. The van der Waals surface area contributed by atoms with Crippen LogP contribution < -0.4 is 0 Å². The van der Waals surface area contributed by atoms with E-state index < -0.39 is 11.8 Å². The summed E-state index contributed by atoms with van der Waals surface area (Å²) in [7, 11) is 0. The predicted octanol–water partition coefficient (Wildman–Crippen LogP) is 2.55. The van der Waals surface area contributed by atoms with Crippen molar-refractivity contribution in [2.75, 3.05) is 6.61 Å². The SMILES string of the molecule is CCOC(=O)c1nnc(SCc2cc(C#N)ccc2F)o1. The highest BCUT2D eigenvalue weighted by Gasteiger charge is 2.16. The Labute approximate surface area is 123 Å². The summed E-state index contributed by atoms with van der Waals surface area (Å²) < 4.78 is 23.4. The third-order valence-electron chi connectivity index (χ3n) is 2.38. The topological polar surface area (TPSA) is 89.0 Å². The summed E-state index contributed by atoms with van der Waals surface area (Å²) in [6.07, 6.45) is 0. The lowest BCUT2D eigenvalue weighted by atomic mass is 10.1. The first-order chi connectivity index (χ1) is 10.1. The molecule has 1 aromatic carbocycles. The average Bonchev–Trinajstić information content (AvgIpc) is 2.96. The predicted molar refractivity (Wildman–Crippen MR) is 70.9 cm³/mol. The highest BCUT2D eigenvalue weighted by atomic mass is 32.2. The fraction of sp³-hybridized carbons (Fsp3) is 0.231. The van der Waals surface area contributed by atoms with Crippen LogP contribution in [0.4, 0.5) is 4.39 Å². The molecule has 2 rings (SSSR count). The summed E-state index contributed by atoms with van der Waals surface area (Å²) in [5.41, 5.74) is 0.708. The van der Waals surface area contributed by atoms with Gasteiger partial charge in [-0.1, -0.05) is 16.9 Å². The fourth-order valence-electron chi connectivity index (χ4n) is 1.44. The highest BCUT2D eigenvalue weighted by molar-refractivity contribution is 7.98. The molecule has 0 aliphatic carbocycles. The van der Waals surface area contributed by atoms with E-state index >= 15 is 0 Å². The van der Waals surface area contributed by atoms with E-state index in [0.717, 1.165) is 11.8 Å². The molecule has 0 atom stereocenters. The van der Waals surface area contributed by atoms with Crippen molar-refractivity contribution in [1.82, 2.24) is 10.2 Å². The van der Waals surface area contributed by atoms with E-state index in [2.05, 4.69) is 10.2 Å². The molecule has 8 heteroatoms. The first-order valence-electron chi connectivity index (χ1n) is 5.96. The van der Waals surface area contributed by atoms with Crippen LogP contribution in [0, 0.1) is 17.1 Å². The van der Waals surface area contributed by atoms with Gasteiger partial charge in [0.05, 0.1) is 18.2 Å². The largest absolute Gasteiger partial charge is 0.459 e. The number of carbonyl (C=O) groups excluding carboxylic acids is 1. The molecule has 21 heavy (non-hydrogen) atoms. The molecule has 108 valence electrons. The second-order valence-electron chi connectivity index (χ2n) is 3.80. The Bertz CT molecular complexity index is 696. The number of rotatable bonds is 5. The van der Waals surface area contributed by atoms with E-state index in [0.29, 0.717) is 11.1 Å². The number of nitriles is 1. The minimum absolute atomic E-state index is 0.125. The van der Waals surface area contributed by atoms with Gasteiger partial charge in [0, 0.05) is 5.75 Å². The lowest BCUT2D eigenvalue weighted by Crippen LogP contribution is -2.04. The fourth-order valence-corrected chi connectivity index (χ4v) is 2.17. The van der Waals surface area contributed by atoms with Crippen LogP contribution in [-0.2, 0) is 10.5 Å². The number of benzene rings is 1. The van der Waals surface area contributed by atoms with Crippen LogP contribution in [0.1, 0.15) is 28.7 Å². The summed E-state index contributed by atoms with van der Waals surface area (Å²) in [4.78, 5) is 11.3. The molecular formula is C13H10FN3O3S. The molecule has 0 bridgehead atoms. The second-order valence-corrected chi connectivity index (χ2v) is 4.73. The van der Waals surface area contributed by atoms with Gasteiger partial charge in [-0.05, 0) is 30.7 Å². The molecule has 0 radical (unpaired) electrons. The van der Waals surface area contributed by atoms with Crippen molar-refractivity contribution in [2.24, 2.45) is 0 Å². The number of hydrogen-bond donors (Lipinski definition) is 0. The molecule has 2 aromatic rings. The summed E-state index contributed by atoms with van der Waals surface area (Å²) in [5.74, 6) is -1.17.